The van der Waals surface area contributed by atoms with Crippen LogP contribution in [0.15, 0.2) is 11.6 Å². The Labute approximate surface area is 54.5 Å². The monoisotopic (exact) mass is 129 g/mol. The van der Waals surface area contributed by atoms with Crippen molar-refractivity contribution in [2.24, 2.45) is 5.73 Å². The topological polar surface area (TPSA) is 26.0 Å². The largest absolute Gasteiger partial charge is 0.330 e. The summed E-state index contributed by atoms with van der Waals surface area (Å²) in [5, 5.41) is 0. The van der Waals surface area contributed by atoms with Gasteiger partial charge in [-0.25, -0.2) is 0 Å². The Balaban J connectivity index is 3.21. The molecular weight excluding hydrogens is 122 g/mol. The fraction of sp³-hybridized carbons (Fsp3) is 0.333. The first-order chi connectivity index (χ1) is 3.91. The molecule has 0 fully saturated rings. The van der Waals surface area contributed by atoms with Crippen molar-refractivity contribution in [1.29, 1.82) is 0 Å². The molecule has 0 spiro atoms. The molecule has 0 heterocycles. The van der Waals surface area contributed by atoms with Gasteiger partial charge in [-0.1, -0.05) is 23.4 Å². The summed E-state index contributed by atoms with van der Waals surface area (Å²) in [7, 11) is 0. The third kappa shape index (κ3) is 5.55. The predicted octanol–water partition coefficient (Wildman–Crippen LogP) is 1.09. The smallest absolute Gasteiger partial charge is 0.0215 e. The second-order valence-electron chi connectivity index (χ2n) is 1.15. The molecule has 0 saturated heterocycles. The van der Waals surface area contributed by atoms with E-state index in [0.29, 0.717) is 6.54 Å². The zero-order valence-corrected chi connectivity index (χ0v) is 5.28. The van der Waals surface area contributed by atoms with Crippen molar-refractivity contribution in [2.75, 3.05) is 6.54 Å². The van der Waals surface area contributed by atoms with E-state index in [-0.39, 0.29) is 0 Å². The van der Waals surface area contributed by atoms with Crippen LogP contribution in [0.4, 0.5) is 0 Å². The lowest BCUT2D eigenvalue weighted by Crippen LogP contribution is -1.95. The van der Waals surface area contributed by atoms with Gasteiger partial charge in [0, 0.05) is 18.5 Å². The van der Waals surface area contributed by atoms with Gasteiger partial charge in [0.05, 0.1) is 0 Å². The first-order valence-corrected chi connectivity index (χ1v) is 2.79. The molecule has 2 heteroatoms. The van der Waals surface area contributed by atoms with E-state index in [1.54, 1.807) is 6.08 Å². The van der Waals surface area contributed by atoms with Crippen molar-refractivity contribution in [3.05, 3.63) is 11.6 Å². The van der Waals surface area contributed by atoms with Gasteiger partial charge in [0.1, 0.15) is 0 Å². The Morgan fingerprint density at radius 3 is 2.88 bits per heavy atom. The molecular formula is C6H8ClN. The summed E-state index contributed by atoms with van der Waals surface area (Å²) in [6, 6.07) is 0. The minimum atomic E-state index is 0.614. The van der Waals surface area contributed by atoms with Crippen molar-refractivity contribution in [2.45, 2.75) is 6.42 Å². The van der Waals surface area contributed by atoms with Crippen LogP contribution in [-0.2, 0) is 0 Å². The second-order valence-corrected chi connectivity index (χ2v) is 1.40. The lowest BCUT2D eigenvalue weighted by molar-refractivity contribution is 1.03. The molecule has 1 nitrogen and oxygen atoms in total. The van der Waals surface area contributed by atoms with Crippen LogP contribution >= 0.6 is 11.6 Å². The number of hydrogen-bond donors (Lipinski definition) is 1. The maximum atomic E-state index is 5.17. The van der Waals surface area contributed by atoms with E-state index >= 15 is 0 Å². The van der Waals surface area contributed by atoms with Crippen molar-refractivity contribution in [1.82, 2.24) is 0 Å². The fourth-order valence-electron chi connectivity index (χ4n) is 0.235. The average molecular weight is 130 g/mol. The van der Waals surface area contributed by atoms with Crippen LogP contribution in [-0.4, -0.2) is 6.54 Å². The second kappa shape index (κ2) is 6.55. The molecule has 0 bridgehead atoms. The van der Waals surface area contributed by atoms with Gasteiger partial charge in [-0.05, 0) is 6.08 Å². The molecule has 0 aliphatic carbocycles. The number of halogens is 1. The summed E-state index contributed by atoms with van der Waals surface area (Å²) in [6.07, 6.45) is 2.32. The third-order valence-corrected chi connectivity index (χ3v) is 0.644. The summed E-state index contributed by atoms with van der Waals surface area (Å²) in [6.45, 7) is 0.614. The molecule has 0 unspecified atom stereocenters. The predicted molar refractivity (Wildman–Crippen MR) is 36.4 cm³/mol. The van der Waals surface area contributed by atoms with E-state index in [4.69, 9.17) is 17.3 Å². The highest BCUT2D eigenvalue weighted by molar-refractivity contribution is 6.25. The van der Waals surface area contributed by atoms with Crippen LogP contribution in [0.5, 0.6) is 0 Å². The van der Waals surface area contributed by atoms with Gasteiger partial charge in [-0.2, -0.15) is 0 Å². The first kappa shape index (κ1) is 7.55. The molecule has 0 amide bonds. The Kier molecular flexibility index (Phi) is 6.18. The van der Waals surface area contributed by atoms with Crippen molar-refractivity contribution >= 4 is 11.6 Å². The van der Waals surface area contributed by atoms with E-state index in [2.05, 4.69) is 11.8 Å². The highest BCUT2D eigenvalue weighted by Crippen LogP contribution is 1.74. The molecule has 8 heavy (non-hydrogen) atoms. The minimum Gasteiger partial charge on any atom is -0.330 e. The SMILES string of the molecule is NCCC#C/C=C/Cl. The Hall–Kier alpha value is -0.450. The van der Waals surface area contributed by atoms with Crippen LogP contribution in [0.25, 0.3) is 0 Å². The van der Waals surface area contributed by atoms with Crippen LogP contribution in [0.2, 0.25) is 0 Å². The van der Waals surface area contributed by atoms with Crippen molar-refractivity contribution in [3.8, 4) is 11.8 Å². The summed E-state index contributed by atoms with van der Waals surface area (Å²) in [5.41, 5.74) is 6.53. The van der Waals surface area contributed by atoms with E-state index in [1.165, 1.54) is 5.54 Å². The van der Waals surface area contributed by atoms with Crippen LogP contribution in [0, 0.1) is 11.8 Å². The van der Waals surface area contributed by atoms with E-state index in [9.17, 15) is 0 Å². The summed E-state index contributed by atoms with van der Waals surface area (Å²) < 4.78 is 0. The molecule has 0 rings (SSSR count). The minimum absolute atomic E-state index is 0.614. The van der Waals surface area contributed by atoms with E-state index in [1.807, 2.05) is 0 Å². The van der Waals surface area contributed by atoms with Gasteiger partial charge in [-0.15, -0.1) is 0 Å². The van der Waals surface area contributed by atoms with Crippen LogP contribution in [0.1, 0.15) is 6.42 Å². The Morgan fingerprint density at radius 2 is 2.38 bits per heavy atom. The van der Waals surface area contributed by atoms with Gasteiger partial charge >= 0.3 is 0 Å². The molecule has 44 valence electrons. The lowest BCUT2D eigenvalue weighted by atomic mass is 10.4. The normalized spacial score (nSPS) is 8.75. The van der Waals surface area contributed by atoms with E-state index < -0.39 is 0 Å². The lowest BCUT2D eigenvalue weighted by Gasteiger charge is -1.74. The number of nitrogens with two attached hydrogens (primary N) is 1. The maximum absolute atomic E-state index is 5.17. The zero-order chi connectivity index (χ0) is 6.24. The molecule has 0 aromatic heterocycles. The van der Waals surface area contributed by atoms with Crippen molar-refractivity contribution < 1.29 is 0 Å². The zero-order valence-electron chi connectivity index (χ0n) is 4.52. The van der Waals surface area contributed by atoms with Crippen LogP contribution in [0.3, 0.4) is 0 Å². The fourth-order valence-corrected chi connectivity index (χ4v) is 0.298. The van der Waals surface area contributed by atoms with Crippen LogP contribution < -0.4 is 5.73 Å². The number of hydrogen-bond acceptors (Lipinski definition) is 1. The average Bonchev–Trinajstić information content (AvgIpc) is 1.81. The molecule has 0 aromatic rings. The first-order valence-electron chi connectivity index (χ1n) is 2.35. The molecule has 0 aromatic carbocycles. The van der Waals surface area contributed by atoms with Gasteiger partial charge in [0.15, 0.2) is 0 Å². The quantitative estimate of drug-likeness (QED) is 0.527. The molecule has 0 aliphatic heterocycles. The molecule has 0 atom stereocenters. The third-order valence-electron chi connectivity index (χ3n) is 0.518. The Bertz CT molecular complexity index is 118. The van der Waals surface area contributed by atoms with Gasteiger partial charge < -0.3 is 5.73 Å². The van der Waals surface area contributed by atoms with Gasteiger partial charge in [0.25, 0.3) is 0 Å². The molecule has 0 aliphatic rings. The maximum Gasteiger partial charge on any atom is 0.0215 e. The molecule has 0 radical (unpaired) electrons. The molecule has 0 saturated carbocycles. The Morgan fingerprint density at radius 1 is 1.62 bits per heavy atom. The highest BCUT2D eigenvalue weighted by Gasteiger charge is 1.65. The standard InChI is InChI=1S/C6H8ClN/c7-5-3-1-2-4-6-8/h3,5H,4,6,8H2/b5-3+. The summed E-state index contributed by atoms with van der Waals surface area (Å²) >= 11 is 5.17. The van der Waals surface area contributed by atoms with Crippen molar-refractivity contribution in [3.63, 3.8) is 0 Å². The highest BCUT2D eigenvalue weighted by atomic mass is 35.5. The number of allylic oxidation sites excluding steroid dienone is 1. The summed E-state index contributed by atoms with van der Waals surface area (Å²) in [4.78, 5) is 0. The number of rotatable bonds is 1. The van der Waals surface area contributed by atoms with Gasteiger partial charge in [0.2, 0.25) is 0 Å². The molecule has 2 N–H and O–H groups in total. The van der Waals surface area contributed by atoms with Gasteiger partial charge in [-0.3, -0.25) is 0 Å². The summed E-state index contributed by atoms with van der Waals surface area (Å²) in [5.74, 6) is 5.48. The van der Waals surface area contributed by atoms with E-state index in [0.717, 1.165) is 6.42 Å².